The van der Waals surface area contributed by atoms with Crippen LogP contribution in [0.4, 0.5) is 23.1 Å². The van der Waals surface area contributed by atoms with E-state index in [0.29, 0.717) is 11.6 Å². The molecule has 2 heterocycles. The molecule has 2 N–H and O–H groups in total. The molecule has 0 saturated carbocycles. The minimum absolute atomic E-state index is 0.116. The van der Waals surface area contributed by atoms with E-state index in [2.05, 4.69) is 49.4 Å². The van der Waals surface area contributed by atoms with Crippen LogP contribution in [0, 0.1) is 6.92 Å². The van der Waals surface area contributed by atoms with Gasteiger partial charge in [-0.25, -0.2) is 14.6 Å². The number of aryl methyl sites for hydroxylation is 1. The van der Waals surface area contributed by atoms with Gasteiger partial charge >= 0.3 is 0 Å². The lowest BCUT2D eigenvalue weighted by Gasteiger charge is -2.20. The molecule has 0 aliphatic heterocycles. The van der Waals surface area contributed by atoms with Gasteiger partial charge in [0.05, 0.1) is 0 Å². The van der Waals surface area contributed by atoms with Gasteiger partial charge in [-0.15, -0.1) is 0 Å². The van der Waals surface area contributed by atoms with Gasteiger partial charge in [0.25, 0.3) is 0 Å². The smallest absolute Gasteiger partial charge is 0.246 e. The normalized spacial score (nSPS) is 10.5. The van der Waals surface area contributed by atoms with Crippen molar-refractivity contribution in [1.29, 1.82) is 0 Å². The second-order valence-electron chi connectivity index (χ2n) is 6.21. The Hall–Kier alpha value is -3.49. The Labute approximate surface area is 163 Å². The predicted molar refractivity (Wildman–Crippen MR) is 109 cm³/mol. The van der Waals surface area contributed by atoms with Gasteiger partial charge in [0, 0.05) is 36.2 Å². The topological polar surface area (TPSA) is 101 Å². The van der Waals surface area contributed by atoms with E-state index in [1.54, 1.807) is 0 Å². The van der Waals surface area contributed by atoms with Gasteiger partial charge in [0.15, 0.2) is 0 Å². The Morgan fingerprint density at radius 3 is 2.46 bits per heavy atom. The van der Waals surface area contributed by atoms with Crippen molar-refractivity contribution in [2.45, 2.75) is 27.3 Å². The molecule has 0 bridgehead atoms. The number of rotatable bonds is 8. The van der Waals surface area contributed by atoms with Crippen LogP contribution in [-0.4, -0.2) is 43.7 Å². The van der Waals surface area contributed by atoms with Crippen molar-refractivity contribution in [2.24, 2.45) is 0 Å². The van der Waals surface area contributed by atoms with Crippen molar-refractivity contribution in [3.8, 4) is 0 Å². The zero-order valence-corrected chi connectivity index (χ0v) is 16.3. The molecule has 9 heteroatoms. The minimum Gasteiger partial charge on any atom is -0.357 e. The molecule has 0 aliphatic carbocycles. The number of amides is 1. The molecule has 0 aliphatic rings. The molecule has 0 radical (unpaired) electrons. The molecule has 3 aromatic rings. The number of carbonyl (C=O) groups is 1. The summed E-state index contributed by atoms with van der Waals surface area (Å²) in [5, 5.41) is 9.96. The SMILES string of the molecule is CCN(CC)c1cc(C)nc(Nc2ccc(NC(=O)Cn3cncn3)cc2)n1. The third-order valence-electron chi connectivity index (χ3n) is 4.13. The number of hydrogen-bond acceptors (Lipinski definition) is 7. The van der Waals surface area contributed by atoms with E-state index < -0.39 is 0 Å². The van der Waals surface area contributed by atoms with Crippen molar-refractivity contribution in [3.63, 3.8) is 0 Å². The van der Waals surface area contributed by atoms with Crippen LogP contribution in [0.1, 0.15) is 19.5 Å². The maximum Gasteiger partial charge on any atom is 0.246 e. The molecule has 1 aromatic carbocycles. The molecule has 2 aromatic heterocycles. The summed E-state index contributed by atoms with van der Waals surface area (Å²) < 4.78 is 1.47. The predicted octanol–water partition coefficient (Wildman–Crippen LogP) is 2.61. The van der Waals surface area contributed by atoms with Crippen LogP contribution < -0.4 is 15.5 Å². The molecule has 0 atom stereocenters. The number of benzene rings is 1. The zero-order valence-electron chi connectivity index (χ0n) is 16.3. The second-order valence-corrected chi connectivity index (χ2v) is 6.21. The third-order valence-corrected chi connectivity index (χ3v) is 4.13. The fraction of sp³-hybridized carbons (Fsp3) is 0.316. The van der Waals surface area contributed by atoms with Gasteiger partial charge in [0.2, 0.25) is 11.9 Å². The first-order chi connectivity index (χ1) is 13.6. The van der Waals surface area contributed by atoms with E-state index in [1.807, 2.05) is 37.3 Å². The highest BCUT2D eigenvalue weighted by Crippen LogP contribution is 2.20. The summed E-state index contributed by atoms with van der Waals surface area (Å²) in [4.78, 5) is 27.1. The first-order valence-electron chi connectivity index (χ1n) is 9.17. The first kappa shape index (κ1) is 19.3. The molecule has 9 nitrogen and oxygen atoms in total. The van der Waals surface area contributed by atoms with E-state index in [9.17, 15) is 4.79 Å². The molecule has 0 unspecified atom stereocenters. The first-order valence-corrected chi connectivity index (χ1v) is 9.17. The molecule has 146 valence electrons. The van der Waals surface area contributed by atoms with Gasteiger partial charge in [-0.2, -0.15) is 10.1 Å². The summed E-state index contributed by atoms with van der Waals surface area (Å²) in [6.45, 7) is 8.04. The Bertz CT molecular complexity index is 904. The Kier molecular flexibility index (Phi) is 6.15. The van der Waals surface area contributed by atoms with Gasteiger partial charge in [-0.05, 0) is 45.0 Å². The average molecular weight is 380 g/mol. The molecule has 0 spiro atoms. The summed E-state index contributed by atoms with van der Waals surface area (Å²) >= 11 is 0. The number of aromatic nitrogens is 5. The van der Waals surface area contributed by atoms with Crippen LogP contribution >= 0.6 is 0 Å². The number of hydrogen-bond donors (Lipinski definition) is 2. The number of carbonyl (C=O) groups excluding carboxylic acids is 1. The van der Waals surface area contributed by atoms with Crippen molar-refractivity contribution >= 4 is 29.0 Å². The molecule has 1 amide bonds. The molecule has 3 rings (SSSR count). The highest BCUT2D eigenvalue weighted by molar-refractivity contribution is 5.90. The van der Waals surface area contributed by atoms with Crippen molar-refractivity contribution in [1.82, 2.24) is 24.7 Å². The number of nitrogens with zero attached hydrogens (tertiary/aromatic N) is 6. The van der Waals surface area contributed by atoms with E-state index in [-0.39, 0.29) is 12.5 Å². The van der Waals surface area contributed by atoms with Gasteiger partial charge in [-0.1, -0.05) is 0 Å². The second kappa shape index (κ2) is 8.94. The highest BCUT2D eigenvalue weighted by atomic mass is 16.2. The fourth-order valence-corrected chi connectivity index (χ4v) is 2.75. The molecule has 0 saturated heterocycles. The quantitative estimate of drug-likeness (QED) is 0.619. The van der Waals surface area contributed by atoms with E-state index in [1.165, 1.54) is 17.3 Å². The molecular formula is C19H24N8O. The Morgan fingerprint density at radius 2 is 1.82 bits per heavy atom. The van der Waals surface area contributed by atoms with E-state index in [4.69, 9.17) is 0 Å². The molecule has 28 heavy (non-hydrogen) atoms. The standard InChI is InChI=1S/C19H24N8O/c1-4-26(5-2)17-10-14(3)22-19(25-17)24-16-8-6-15(7-9-16)23-18(28)11-27-13-20-12-21-27/h6-10,12-13H,4-5,11H2,1-3H3,(H,23,28)(H,22,24,25). The van der Waals surface area contributed by atoms with Crippen molar-refractivity contribution in [2.75, 3.05) is 28.6 Å². The van der Waals surface area contributed by atoms with Crippen molar-refractivity contribution < 1.29 is 4.79 Å². The summed E-state index contributed by atoms with van der Waals surface area (Å²) in [6.07, 6.45) is 2.90. The zero-order chi connectivity index (χ0) is 19.9. The summed E-state index contributed by atoms with van der Waals surface area (Å²) in [7, 11) is 0. The summed E-state index contributed by atoms with van der Waals surface area (Å²) in [5.74, 6) is 1.28. The van der Waals surface area contributed by atoms with E-state index in [0.717, 1.165) is 30.3 Å². The minimum atomic E-state index is -0.169. The lowest BCUT2D eigenvalue weighted by molar-refractivity contribution is -0.116. The third kappa shape index (κ3) is 5.03. The van der Waals surface area contributed by atoms with Crippen LogP contribution in [0.25, 0.3) is 0 Å². The molecular weight excluding hydrogens is 356 g/mol. The van der Waals surface area contributed by atoms with Gasteiger partial charge in [-0.3, -0.25) is 4.79 Å². The monoisotopic (exact) mass is 380 g/mol. The van der Waals surface area contributed by atoms with Crippen LogP contribution in [0.3, 0.4) is 0 Å². The average Bonchev–Trinajstić information content (AvgIpc) is 3.17. The van der Waals surface area contributed by atoms with Crippen molar-refractivity contribution in [3.05, 3.63) is 48.7 Å². The largest absolute Gasteiger partial charge is 0.357 e. The highest BCUT2D eigenvalue weighted by Gasteiger charge is 2.08. The van der Waals surface area contributed by atoms with E-state index >= 15 is 0 Å². The molecule has 0 fully saturated rings. The maximum atomic E-state index is 12.0. The number of anilines is 4. The van der Waals surface area contributed by atoms with Crippen LogP contribution in [0.2, 0.25) is 0 Å². The maximum absolute atomic E-state index is 12.0. The lowest BCUT2D eigenvalue weighted by Crippen LogP contribution is -2.23. The van der Waals surface area contributed by atoms with Crippen LogP contribution in [0.5, 0.6) is 0 Å². The Morgan fingerprint density at radius 1 is 1.11 bits per heavy atom. The lowest BCUT2D eigenvalue weighted by atomic mass is 10.2. The Balaban J connectivity index is 1.65. The number of nitrogens with one attached hydrogen (secondary N) is 2. The fourth-order valence-electron chi connectivity index (χ4n) is 2.75. The van der Waals surface area contributed by atoms with Crippen LogP contribution in [-0.2, 0) is 11.3 Å². The van der Waals surface area contributed by atoms with Crippen LogP contribution in [0.15, 0.2) is 43.0 Å². The van der Waals surface area contributed by atoms with Gasteiger partial charge < -0.3 is 15.5 Å². The summed E-state index contributed by atoms with van der Waals surface area (Å²) in [5.41, 5.74) is 2.44. The summed E-state index contributed by atoms with van der Waals surface area (Å²) in [6, 6.07) is 9.36. The van der Waals surface area contributed by atoms with Gasteiger partial charge in [0.1, 0.15) is 25.0 Å².